The number of hydrogen-bond donors (Lipinski definition) is 1. The third kappa shape index (κ3) is 2.03. The molecular formula is C13H15NO3. The van der Waals surface area contributed by atoms with Gasteiger partial charge in [-0.3, -0.25) is 0 Å². The Morgan fingerprint density at radius 1 is 1.35 bits per heavy atom. The zero-order valence-corrected chi connectivity index (χ0v) is 10.2. The molecule has 4 heteroatoms. The first-order valence-electron chi connectivity index (χ1n) is 5.38. The fraction of sp³-hybridized carbons (Fsp3) is 0.308. The fourth-order valence-electron chi connectivity index (χ4n) is 1.82. The summed E-state index contributed by atoms with van der Waals surface area (Å²) < 4.78 is 10.3. The number of ether oxygens (including phenoxy) is 1. The Morgan fingerprint density at radius 3 is 2.71 bits per heavy atom. The molecule has 0 aliphatic heterocycles. The molecule has 2 rings (SSSR count). The molecule has 0 unspecified atom stereocenters. The van der Waals surface area contributed by atoms with E-state index in [-0.39, 0.29) is 6.61 Å². The van der Waals surface area contributed by atoms with Crippen LogP contribution < -0.4 is 4.74 Å². The molecule has 0 radical (unpaired) electrons. The van der Waals surface area contributed by atoms with Crippen molar-refractivity contribution < 1.29 is 14.4 Å². The van der Waals surface area contributed by atoms with Crippen molar-refractivity contribution >= 4 is 0 Å². The molecule has 0 aliphatic carbocycles. The predicted octanol–water partition coefficient (Wildman–Crippen LogP) is 2.46. The van der Waals surface area contributed by atoms with Crippen LogP contribution in [0.1, 0.15) is 16.9 Å². The largest absolute Gasteiger partial charge is 0.497 e. The van der Waals surface area contributed by atoms with Crippen molar-refractivity contribution in [2.45, 2.75) is 20.5 Å². The van der Waals surface area contributed by atoms with Gasteiger partial charge in [0.1, 0.15) is 17.2 Å². The van der Waals surface area contributed by atoms with Crippen LogP contribution in [0.15, 0.2) is 22.7 Å². The van der Waals surface area contributed by atoms with Gasteiger partial charge in [0, 0.05) is 11.1 Å². The van der Waals surface area contributed by atoms with Crippen molar-refractivity contribution in [3.63, 3.8) is 0 Å². The Kier molecular flexibility index (Phi) is 3.15. The number of methoxy groups -OCH3 is 1. The van der Waals surface area contributed by atoms with Gasteiger partial charge in [-0.1, -0.05) is 5.16 Å². The van der Waals surface area contributed by atoms with Gasteiger partial charge in [0.25, 0.3) is 0 Å². The Morgan fingerprint density at radius 2 is 2.12 bits per heavy atom. The van der Waals surface area contributed by atoms with Crippen molar-refractivity contribution in [2.75, 3.05) is 7.11 Å². The Bertz CT molecular complexity index is 531. The number of nitrogens with zero attached hydrogens (tertiary/aromatic N) is 1. The van der Waals surface area contributed by atoms with Crippen molar-refractivity contribution in [2.24, 2.45) is 0 Å². The van der Waals surface area contributed by atoms with E-state index in [9.17, 15) is 5.11 Å². The molecule has 1 aromatic carbocycles. The van der Waals surface area contributed by atoms with Gasteiger partial charge in [-0.2, -0.15) is 0 Å². The number of benzene rings is 1. The highest BCUT2D eigenvalue weighted by atomic mass is 16.5. The van der Waals surface area contributed by atoms with Gasteiger partial charge in [-0.25, -0.2) is 0 Å². The first-order chi connectivity index (χ1) is 8.17. The molecule has 0 amide bonds. The lowest BCUT2D eigenvalue weighted by Gasteiger charge is -2.06. The Hall–Kier alpha value is -1.81. The second-order valence-corrected chi connectivity index (χ2v) is 3.90. The second-order valence-electron chi connectivity index (χ2n) is 3.90. The zero-order chi connectivity index (χ0) is 12.4. The molecule has 0 bridgehead atoms. The molecule has 1 aromatic heterocycles. The molecule has 17 heavy (non-hydrogen) atoms. The van der Waals surface area contributed by atoms with Crippen molar-refractivity contribution in [3.8, 4) is 17.0 Å². The maximum absolute atomic E-state index is 9.32. The van der Waals surface area contributed by atoms with Gasteiger partial charge in [0.2, 0.25) is 0 Å². The van der Waals surface area contributed by atoms with E-state index in [0.717, 1.165) is 22.4 Å². The first-order valence-corrected chi connectivity index (χ1v) is 5.38. The van der Waals surface area contributed by atoms with Crippen LogP contribution >= 0.6 is 0 Å². The normalized spacial score (nSPS) is 10.6. The van der Waals surface area contributed by atoms with Gasteiger partial charge in [0.05, 0.1) is 13.7 Å². The van der Waals surface area contributed by atoms with E-state index in [0.29, 0.717) is 11.5 Å². The minimum absolute atomic E-state index is 0.0733. The van der Waals surface area contributed by atoms with Crippen LogP contribution in [0, 0.1) is 13.8 Å². The van der Waals surface area contributed by atoms with E-state index in [1.807, 2.05) is 25.1 Å². The van der Waals surface area contributed by atoms with Gasteiger partial charge in [-0.15, -0.1) is 0 Å². The summed E-state index contributed by atoms with van der Waals surface area (Å²) in [6.07, 6.45) is 0. The molecule has 0 saturated heterocycles. The number of aryl methyl sites for hydroxylation is 2. The van der Waals surface area contributed by atoms with E-state index < -0.39 is 0 Å². The highest BCUT2D eigenvalue weighted by Gasteiger charge is 2.15. The van der Waals surface area contributed by atoms with Gasteiger partial charge in [-0.05, 0) is 37.6 Å². The molecule has 2 aromatic rings. The van der Waals surface area contributed by atoms with E-state index in [1.54, 1.807) is 14.0 Å². The summed E-state index contributed by atoms with van der Waals surface area (Å²) in [7, 11) is 1.63. The summed E-state index contributed by atoms with van der Waals surface area (Å²) in [5.41, 5.74) is 3.42. The summed E-state index contributed by atoms with van der Waals surface area (Å²) in [5, 5.41) is 13.3. The van der Waals surface area contributed by atoms with E-state index in [4.69, 9.17) is 9.26 Å². The monoisotopic (exact) mass is 233 g/mol. The summed E-state index contributed by atoms with van der Waals surface area (Å²) >= 11 is 0. The molecule has 1 heterocycles. The first kappa shape index (κ1) is 11.7. The second kappa shape index (κ2) is 4.59. The number of aliphatic hydroxyl groups excluding tert-OH is 1. The Labute approximate surface area is 99.8 Å². The molecule has 0 aliphatic rings. The highest BCUT2D eigenvalue weighted by molar-refractivity contribution is 5.67. The molecular weight excluding hydrogens is 218 g/mol. The van der Waals surface area contributed by atoms with Crippen molar-refractivity contribution in [1.29, 1.82) is 0 Å². The molecule has 4 nitrogen and oxygen atoms in total. The van der Waals surface area contributed by atoms with E-state index in [1.165, 1.54) is 0 Å². The zero-order valence-electron chi connectivity index (χ0n) is 10.2. The van der Waals surface area contributed by atoms with E-state index >= 15 is 0 Å². The third-order valence-corrected chi connectivity index (χ3v) is 2.83. The summed E-state index contributed by atoms with van der Waals surface area (Å²) in [4.78, 5) is 0. The maximum Gasteiger partial charge on any atom is 0.139 e. The van der Waals surface area contributed by atoms with Gasteiger partial charge >= 0.3 is 0 Å². The Balaban J connectivity index is 2.53. The van der Waals surface area contributed by atoms with Crippen LogP contribution in [0.5, 0.6) is 5.75 Å². The van der Waals surface area contributed by atoms with Crippen LogP contribution in [-0.4, -0.2) is 17.4 Å². The lowest BCUT2D eigenvalue weighted by molar-refractivity contribution is 0.278. The molecule has 0 spiro atoms. The SMILES string of the molecule is COc1ccc(-c2noc(C)c2CO)c(C)c1. The lowest BCUT2D eigenvalue weighted by atomic mass is 10.0. The van der Waals surface area contributed by atoms with Crippen molar-refractivity contribution in [3.05, 3.63) is 35.1 Å². The fourth-order valence-corrected chi connectivity index (χ4v) is 1.82. The summed E-state index contributed by atoms with van der Waals surface area (Å²) in [5.74, 6) is 1.45. The van der Waals surface area contributed by atoms with Crippen LogP contribution in [-0.2, 0) is 6.61 Å². The molecule has 0 fully saturated rings. The predicted molar refractivity (Wildman–Crippen MR) is 63.9 cm³/mol. The summed E-state index contributed by atoms with van der Waals surface area (Å²) in [6.45, 7) is 3.69. The standard InChI is InChI=1S/C13H15NO3/c1-8-6-10(16-3)4-5-11(8)13-12(7-15)9(2)17-14-13/h4-6,15H,7H2,1-3H3. The topological polar surface area (TPSA) is 55.5 Å². The smallest absolute Gasteiger partial charge is 0.139 e. The number of aliphatic hydroxyl groups is 1. The van der Waals surface area contributed by atoms with Gasteiger partial charge in [0.15, 0.2) is 0 Å². The van der Waals surface area contributed by atoms with Crippen LogP contribution in [0.2, 0.25) is 0 Å². The van der Waals surface area contributed by atoms with Crippen molar-refractivity contribution in [1.82, 2.24) is 5.16 Å². The number of aromatic nitrogens is 1. The number of rotatable bonds is 3. The minimum atomic E-state index is -0.0733. The average Bonchev–Trinajstić information content (AvgIpc) is 2.70. The van der Waals surface area contributed by atoms with Crippen LogP contribution in [0.4, 0.5) is 0 Å². The minimum Gasteiger partial charge on any atom is -0.497 e. The highest BCUT2D eigenvalue weighted by Crippen LogP contribution is 2.30. The van der Waals surface area contributed by atoms with Crippen LogP contribution in [0.25, 0.3) is 11.3 Å². The third-order valence-electron chi connectivity index (χ3n) is 2.83. The lowest BCUT2D eigenvalue weighted by Crippen LogP contribution is -1.92. The molecule has 90 valence electrons. The molecule has 0 saturated carbocycles. The molecule has 1 N–H and O–H groups in total. The van der Waals surface area contributed by atoms with E-state index in [2.05, 4.69) is 5.16 Å². The maximum atomic E-state index is 9.32. The van der Waals surface area contributed by atoms with Gasteiger partial charge < -0.3 is 14.4 Å². The van der Waals surface area contributed by atoms with Crippen LogP contribution in [0.3, 0.4) is 0 Å². The average molecular weight is 233 g/mol. The molecule has 0 atom stereocenters. The number of hydrogen-bond acceptors (Lipinski definition) is 4. The summed E-state index contributed by atoms with van der Waals surface area (Å²) in [6, 6.07) is 5.72. The quantitative estimate of drug-likeness (QED) is 0.884.